The summed E-state index contributed by atoms with van der Waals surface area (Å²) in [6, 6.07) is 3.48. The van der Waals surface area contributed by atoms with Crippen molar-refractivity contribution in [2.75, 3.05) is 19.6 Å². The third-order valence-electron chi connectivity index (χ3n) is 2.15. The van der Waals surface area contributed by atoms with Crippen LogP contribution in [0.5, 0.6) is 0 Å². The summed E-state index contributed by atoms with van der Waals surface area (Å²) in [6.07, 6.45) is 1.54. The monoisotopic (exact) mass is 192 g/mol. The minimum Gasteiger partial charge on any atom is -0.461 e. The Morgan fingerprint density at radius 3 is 3.07 bits per heavy atom. The lowest BCUT2D eigenvalue weighted by atomic mass is 10.3. The molecule has 0 aliphatic carbocycles. The molecule has 1 aliphatic rings. The van der Waals surface area contributed by atoms with Crippen LogP contribution in [0.3, 0.4) is 0 Å². The maximum atomic E-state index is 7.83. The van der Waals surface area contributed by atoms with E-state index in [1.165, 1.54) is 6.26 Å². The largest absolute Gasteiger partial charge is 0.461 e. The van der Waals surface area contributed by atoms with Crippen LogP contribution in [0.15, 0.2) is 22.8 Å². The molecule has 14 heavy (non-hydrogen) atoms. The third-order valence-corrected chi connectivity index (χ3v) is 2.15. The average Bonchev–Trinajstić information content (AvgIpc) is 2.70. The van der Waals surface area contributed by atoms with Gasteiger partial charge < -0.3 is 14.6 Å². The van der Waals surface area contributed by atoms with Crippen molar-refractivity contribution in [1.29, 1.82) is 10.8 Å². The highest BCUT2D eigenvalue weighted by molar-refractivity contribution is 6.06. The van der Waals surface area contributed by atoms with Crippen LogP contribution in [0, 0.1) is 10.8 Å². The van der Waals surface area contributed by atoms with Crippen LogP contribution in [0.4, 0.5) is 0 Å². The quantitative estimate of drug-likeness (QED) is 0.447. The van der Waals surface area contributed by atoms with Gasteiger partial charge in [-0.05, 0) is 12.1 Å². The molecule has 1 aliphatic heterocycles. The van der Waals surface area contributed by atoms with Crippen molar-refractivity contribution in [3.63, 3.8) is 0 Å². The van der Waals surface area contributed by atoms with Crippen LogP contribution in [0.25, 0.3) is 0 Å². The lowest BCUT2D eigenvalue weighted by Crippen LogP contribution is -2.50. The number of hydrogen-bond acceptors (Lipinski definition) is 4. The molecule has 5 heteroatoms. The molecule has 74 valence electrons. The second-order valence-corrected chi connectivity index (χ2v) is 3.10. The van der Waals surface area contributed by atoms with Gasteiger partial charge in [0.2, 0.25) is 0 Å². The SMILES string of the molecule is N=C1CNCCN1C(=N)c1ccco1. The van der Waals surface area contributed by atoms with Gasteiger partial charge in [0.25, 0.3) is 0 Å². The van der Waals surface area contributed by atoms with E-state index in [2.05, 4.69) is 5.32 Å². The molecule has 1 saturated heterocycles. The van der Waals surface area contributed by atoms with Gasteiger partial charge in [-0.15, -0.1) is 0 Å². The van der Waals surface area contributed by atoms with E-state index in [-0.39, 0.29) is 5.84 Å². The standard InChI is InChI=1S/C9H12N4O/c10-8-6-12-3-4-13(8)9(11)7-2-1-5-14-7/h1-2,5,10-12H,3-4,6H2. The summed E-state index contributed by atoms with van der Waals surface area (Å²) in [5.41, 5.74) is 0. The van der Waals surface area contributed by atoms with Crippen molar-refractivity contribution in [2.24, 2.45) is 0 Å². The number of piperazine rings is 1. The Morgan fingerprint density at radius 2 is 2.43 bits per heavy atom. The lowest BCUT2D eigenvalue weighted by molar-refractivity contribution is 0.487. The van der Waals surface area contributed by atoms with Crippen molar-refractivity contribution in [3.05, 3.63) is 24.2 Å². The second kappa shape index (κ2) is 3.63. The van der Waals surface area contributed by atoms with Crippen molar-refractivity contribution in [3.8, 4) is 0 Å². The van der Waals surface area contributed by atoms with Gasteiger partial charge in [0.05, 0.1) is 12.8 Å². The van der Waals surface area contributed by atoms with Crippen LogP contribution >= 0.6 is 0 Å². The highest BCUT2D eigenvalue weighted by Gasteiger charge is 2.20. The summed E-state index contributed by atoms with van der Waals surface area (Å²) in [5.74, 6) is 1.19. The first-order valence-electron chi connectivity index (χ1n) is 4.47. The molecular formula is C9H12N4O. The third kappa shape index (κ3) is 1.54. The Morgan fingerprint density at radius 1 is 1.57 bits per heavy atom. The molecular weight excluding hydrogens is 180 g/mol. The zero-order chi connectivity index (χ0) is 9.97. The molecule has 1 fully saturated rings. The van der Waals surface area contributed by atoms with E-state index in [9.17, 15) is 0 Å². The number of hydrogen-bond donors (Lipinski definition) is 3. The smallest absolute Gasteiger partial charge is 0.170 e. The number of nitrogens with one attached hydrogen (secondary N) is 3. The maximum absolute atomic E-state index is 7.83. The maximum Gasteiger partial charge on any atom is 0.170 e. The summed E-state index contributed by atoms with van der Waals surface area (Å²) in [4.78, 5) is 1.65. The molecule has 2 heterocycles. The summed E-state index contributed by atoms with van der Waals surface area (Å²) in [7, 11) is 0. The zero-order valence-corrected chi connectivity index (χ0v) is 7.71. The van der Waals surface area contributed by atoms with E-state index in [0.717, 1.165) is 6.54 Å². The second-order valence-electron chi connectivity index (χ2n) is 3.10. The molecule has 3 N–H and O–H groups in total. The van der Waals surface area contributed by atoms with E-state index < -0.39 is 0 Å². The molecule has 0 radical (unpaired) electrons. The van der Waals surface area contributed by atoms with Crippen LogP contribution in [-0.4, -0.2) is 36.2 Å². The Bertz CT molecular complexity index is 344. The fourth-order valence-electron chi connectivity index (χ4n) is 1.42. The molecule has 1 aromatic heterocycles. The van der Waals surface area contributed by atoms with Crippen LogP contribution in [0.1, 0.15) is 5.76 Å². The summed E-state index contributed by atoms with van der Waals surface area (Å²) < 4.78 is 5.11. The van der Waals surface area contributed by atoms with Gasteiger partial charge in [0.1, 0.15) is 5.84 Å². The molecule has 5 nitrogen and oxygen atoms in total. The van der Waals surface area contributed by atoms with Gasteiger partial charge in [-0.2, -0.15) is 0 Å². The summed E-state index contributed by atoms with van der Waals surface area (Å²) >= 11 is 0. The minimum absolute atomic E-state index is 0.265. The van der Waals surface area contributed by atoms with E-state index in [1.807, 2.05) is 0 Å². The predicted octanol–water partition coefficient (Wildman–Crippen LogP) is 0.487. The van der Waals surface area contributed by atoms with E-state index >= 15 is 0 Å². The van der Waals surface area contributed by atoms with Gasteiger partial charge in [0.15, 0.2) is 11.6 Å². The molecule has 0 atom stereocenters. The van der Waals surface area contributed by atoms with E-state index in [4.69, 9.17) is 15.2 Å². The van der Waals surface area contributed by atoms with Gasteiger partial charge in [-0.25, -0.2) is 0 Å². The average molecular weight is 192 g/mol. The molecule has 0 aromatic carbocycles. The van der Waals surface area contributed by atoms with Crippen molar-refractivity contribution >= 4 is 11.7 Å². The first-order chi connectivity index (χ1) is 6.79. The summed E-state index contributed by atoms with van der Waals surface area (Å²) in [6.45, 7) is 1.97. The number of nitrogens with zero attached hydrogens (tertiary/aromatic N) is 1. The van der Waals surface area contributed by atoms with Gasteiger partial charge in [-0.1, -0.05) is 0 Å². The van der Waals surface area contributed by atoms with Gasteiger partial charge in [-0.3, -0.25) is 10.8 Å². The lowest BCUT2D eigenvalue weighted by Gasteiger charge is -2.28. The van der Waals surface area contributed by atoms with Crippen LogP contribution < -0.4 is 5.32 Å². The van der Waals surface area contributed by atoms with Crippen LogP contribution in [0.2, 0.25) is 0 Å². The fourth-order valence-corrected chi connectivity index (χ4v) is 1.42. The van der Waals surface area contributed by atoms with Crippen LogP contribution in [-0.2, 0) is 0 Å². The predicted molar refractivity (Wildman–Crippen MR) is 52.8 cm³/mol. The van der Waals surface area contributed by atoms with E-state index in [0.29, 0.717) is 24.7 Å². The number of amidine groups is 2. The Balaban J connectivity index is 2.14. The fraction of sp³-hybridized carbons (Fsp3) is 0.333. The Kier molecular flexibility index (Phi) is 2.32. The van der Waals surface area contributed by atoms with Crippen molar-refractivity contribution in [2.45, 2.75) is 0 Å². The molecule has 0 saturated carbocycles. The number of rotatable bonds is 1. The zero-order valence-electron chi connectivity index (χ0n) is 7.71. The van der Waals surface area contributed by atoms with Gasteiger partial charge in [0, 0.05) is 13.1 Å². The molecule has 0 amide bonds. The van der Waals surface area contributed by atoms with Crippen molar-refractivity contribution in [1.82, 2.24) is 10.2 Å². The highest BCUT2D eigenvalue weighted by Crippen LogP contribution is 2.07. The first kappa shape index (κ1) is 8.96. The molecule has 2 rings (SSSR count). The minimum atomic E-state index is 0.265. The summed E-state index contributed by atoms with van der Waals surface area (Å²) in [5, 5.41) is 18.6. The Labute approximate surface area is 81.7 Å². The highest BCUT2D eigenvalue weighted by atomic mass is 16.3. The first-order valence-corrected chi connectivity index (χ1v) is 4.47. The molecule has 0 bridgehead atoms. The Hall–Kier alpha value is -1.62. The van der Waals surface area contributed by atoms with Crippen molar-refractivity contribution < 1.29 is 4.42 Å². The molecule has 0 spiro atoms. The molecule has 1 aromatic rings. The van der Waals surface area contributed by atoms with E-state index in [1.54, 1.807) is 17.0 Å². The topological polar surface area (TPSA) is 76.1 Å². The normalized spacial score (nSPS) is 17.1. The van der Waals surface area contributed by atoms with Gasteiger partial charge >= 0.3 is 0 Å². The number of furan rings is 1. The molecule has 0 unspecified atom stereocenters.